The monoisotopic (exact) mass is 498 g/mol. The van der Waals surface area contributed by atoms with Crippen LogP contribution in [0.4, 0.5) is 0 Å². The van der Waals surface area contributed by atoms with Gasteiger partial charge >= 0.3 is 0 Å². The first-order valence-corrected chi connectivity index (χ1v) is 16.1. The van der Waals surface area contributed by atoms with Crippen molar-refractivity contribution < 1.29 is 0 Å². The van der Waals surface area contributed by atoms with Gasteiger partial charge < -0.3 is 0 Å². The van der Waals surface area contributed by atoms with Crippen LogP contribution in [0.2, 0.25) is 12.1 Å². The zero-order valence-electron chi connectivity index (χ0n) is 23.2. The molecule has 0 amide bonds. The molecule has 0 aromatic heterocycles. The average molecular weight is 499 g/mol. The molecular formula is C36H38Si. The molecule has 0 radical (unpaired) electrons. The van der Waals surface area contributed by atoms with Gasteiger partial charge in [-0.2, -0.15) is 0 Å². The standard InChI is InChI=1S/C36H38Si/c1-7-37(8-2)35(31-21-13-27(5)14-22-31)33(29-17-9-25(3)10-18-29)34(30-19-11-26(4)12-20-30)36(37)32-23-15-28(6)16-24-32/h9-24H,7-8H2,1-6H3. The molecule has 0 N–H and O–H groups in total. The summed E-state index contributed by atoms with van der Waals surface area (Å²) in [5, 5.41) is 3.21. The topological polar surface area (TPSA) is 0 Å². The molecule has 1 heteroatoms. The Labute approximate surface area is 224 Å². The fourth-order valence-electron chi connectivity index (χ4n) is 6.11. The molecule has 0 spiro atoms. The predicted octanol–water partition coefficient (Wildman–Crippen LogP) is 10.0. The third kappa shape index (κ3) is 4.47. The highest BCUT2D eigenvalue weighted by Gasteiger charge is 2.47. The molecule has 0 nitrogen and oxygen atoms in total. The summed E-state index contributed by atoms with van der Waals surface area (Å²) in [6.45, 7) is 13.6. The van der Waals surface area contributed by atoms with Gasteiger partial charge in [0.05, 0.1) is 0 Å². The minimum absolute atomic E-state index is 1.18. The van der Waals surface area contributed by atoms with Crippen molar-refractivity contribution in [1.82, 2.24) is 0 Å². The molecule has 0 bridgehead atoms. The Hall–Kier alpha value is -3.42. The van der Waals surface area contributed by atoms with Crippen molar-refractivity contribution >= 4 is 29.6 Å². The van der Waals surface area contributed by atoms with Gasteiger partial charge in [-0.3, -0.25) is 0 Å². The van der Waals surface area contributed by atoms with E-state index in [2.05, 4.69) is 139 Å². The summed E-state index contributed by atoms with van der Waals surface area (Å²) in [6, 6.07) is 39.5. The van der Waals surface area contributed by atoms with E-state index in [1.54, 1.807) is 10.4 Å². The maximum atomic E-state index is 2.43. The lowest BCUT2D eigenvalue weighted by Crippen LogP contribution is -2.35. The van der Waals surface area contributed by atoms with Crippen molar-refractivity contribution in [2.24, 2.45) is 0 Å². The van der Waals surface area contributed by atoms with Crippen molar-refractivity contribution in [2.45, 2.75) is 53.6 Å². The largest absolute Gasteiger partial charge is 0.120 e. The van der Waals surface area contributed by atoms with Crippen LogP contribution in [0, 0.1) is 27.7 Å². The summed E-state index contributed by atoms with van der Waals surface area (Å²) in [6.07, 6.45) is 0. The highest BCUT2D eigenvalue weighted by molar-refractivity contribution is 7.14. The van der Waals surface area contributed by atoms with Crippen molar-refractivity contribution in [3.8, 4) is 0 Å². The van der Waals surface area contributed by atoms with Crippen LogP contribution in [0.25, 0.3) is 21.5 Å². The fraction of sp³-hybridized carbons (Fsp3) is 0.222. The summed E-state index contributed by atoms with van der Waals surface area (Å²) < 4.78 is 0. The molecule has 0 fully saturated rings. The summed E-state index contributed by atoms with van der Waals surface area (Å²) in [5.41, 5.74) is 13.6. The van der Waals surface area contributed by atoms with Crippen molar-refractivity contribution in [1.29, 1.82) is 0 Å². The predicted molar refractivity (Wildman–Crippen MR) is 165 cm³/mol. The van der Waals surface area contributed by atoms with E-state index in [9.17, 15) is 0 Å². The normalized spacial score (nSPS) is 15.0. The first-order valence-electron chi connectivity index (χ1n) is 13.7. The molecule has 4 aromatic carbocycles. The van der Waals surface area contributed by atoms with E-state index < -0.39 is 8.07 Å². The molecule has 0 saturated carbocycles. The van der Waals surface area contributed by atoms with Gasteiger partial charge in [0, 0.05) is 0 Å². The lowest BCUT2D eigenvalue weighted by molar-refractivity contribution is 1.29. The van der Waals surface area contributed by atoms with Crippen LogP contribution in [0.5, 0.6) is 0 Å². The smallest absolute Gasteiger partial charge is 0.0672 e. The summed E-state index contributed by atoms with van der Waals surface area (Å²) in [5.74, 6) is 0. The van der Waals surface area contributed by atoms with Gasteiger partial charge in [-0.1, -0.05) is 145 Å². The molecule has 0 atom stereocenters. The maximum absolute atomic E-state index is 2.43. The first kappa shape index (κ1) is 25.2. The Morgan fingerprint density at radius 3 is 0.865 bits per heavy atom. The Balaban J connectivity index is 1.95. The van der Waals surface area contributed by atoms with E-state index in [1.807, 2.05) is 0 Å². The first-order chi connectivity index (χ1) is 17.9. The van der Waals surface area contributed by atoms with Crippen LogP contribution in [0.3, 0.4) is 0 Å². The third-order valence-electron chi connectivity index (χ3n) is 8.28. The number of benzene rings is 4. The van der Waals surface area contributed by atoms with Crippen molar-refractivity contribution in [3.63, 3.8) is 0 Å². The van der Waals surface area contributed by atoms with Crippen molar-refractivity contribution in [3.05, 3.63) is 142 Å². The van der Waals surface area contributed by atoms with Crippen LogP contribution < -0.4 is 0 Å². The SMILES string of the molecule is CC[Si]1(CC)C(c2ccc(C)cc2)=C(c2ccc(C)cc2)C(c2ccc(C)cc2)=C1c1ccc(C)cc1. The minimum atomic E-state index is -2.12. The van der Waals surface area contributed by atoms with E-state index in [0.717, 1.165) is 0 Å². The van der Waals surface area contributed by atoms with E-state index in [0.29, 0.717) is 0 Å². The summed E-state index contributed by atoms with van der Waals surface area (Å²) >= 11 is 0. The molecule has 0 unspecified atom stereocenters. The Bertz CT molecular complexity index is 1350. The van der Waals surface area contributed by atoms with Gasteiger partial charge in [0.15, 0.2) is 0 Å². The molecular weight excluding hydrogens is 460 g/mol. The van der Waals surface area contributed by atoms with Gasteiger partial charge in [0.1, 0.15) is 8.07 Å². The second-order valence-electron chi connectivity index (χ2n) is 10.8. The lowest BCUT2D eigenvalue weighted by Gasteiger charge is -2.33. The van der Waals surface area contributed by atoms with E-state index >= 15 is 0 Å². The van der Waals surface area contributed by atoms with Crippen LogP contribution in [0.15, 0.2) is 97.1 Å². The Kier molecular flexibility index (Phi) is 6.92. The third-order valence-corrected chi connectivity index (χ3v) is 13.7. The van der Waals surface area contributed by atoms with Gasteiger partial charge in [-0.05, 0) is 71.5 Å². The molecule has 1 heterocycles. The molecule has 0 aliphatic carbocycles. The number of aryl methyl sites for hydroxylation is 4. The summed E-state index contributed by atoms with van der Waals surface area (Å²) in [7, 11) is -2.12. The van der Waals surface area contributed by atoms with Crippen LogP contribution in [-0.4, -0.2) is 8.07 Å². The Morgan fingerprint density at radius 1 is 0.378 bits per heavy atom. The van der Waals surface area contributed by atoms with Gasteiger partial charge in [-0.25, -0.2) is 0 Å². The molecule has 37 heavy (non-hydrogen) atoms. The Morgan fingerprint density at radius 2 is 0.622 bits per heavy atom. The van der Waals surface area contributed by atoms with E-state index in [4.69, 9.17) is 0 Å². The number of hydrogen-bond acceptors (Lipinski definition) is 0. The van der Waals surface area contributed by atoms with Gasteiger partial charge in [0.2, 0.25) is 0 Å². The molecule has 0 saturated heterocycles. The quantitative estimate of drug-likeness (QED) is 0.232. The van der Waals surface area contributed by atoms with Crippen LogP contribution in [0.1, 0.15) is 58.4 Å². The second-order valence-corrected chi connectivity index (χ2v) is 15.3. The number of hydrogen-bond donors (Lipinski definition) is 0. The van der Waals surface area contributed by atoms with Crippen LogP contribution in [-0.2, 0) is 0 Å². The number of rotatable bonds is 6. The fourth-order valence-corrected chi connectivity index (χ4v) is 11.2. The molecule has 1 aliphatic rings. The lowest BCUT2D eigenvalue weighted by atomic mass is 9.88. The molecule has 4 aromatic rings. The molecule has 5 rings (SSSR count). The minimum Gasteiger partial charge on any atom is -0.0672 e. The molecule has 1 aliphatic heterocycles. The van der Waals surface area contributed by atoms with Gasteiger partial charge in [-0.15, -0.1) is 0 Å². The average Bonchev–Trinajstić information content (AvgIpc) is 3.22. The second kappa shape index (κ2) is 10.1. The summed E-state index contributed by atoms with van der Waals surface area (Å²) in [4.78, 5) is 0. The van der Waals surface area contributed by atoms with Crippen LogP contribution >= 0.6 is 0 Å². The highest BCUT2D eigenvalue weighted by Crippen LogP contribution is 2.58. The van der Waals surface area contributed by atoms with Crippen molar-refractivity contribution in [2.75, 3.05) is 0 Å². The van der Waals surface area contributed by atoms with Gasteiger partial charge in [0.25, 0.3) is 0 Å². The molecule has 186 valence electrons. The zero-order chi connectivity index (χ0) is 26.2. The van der Waals surface area contributed by atoms with E-state index in [-0.39, 0.29) is 0 Å². The van der Waals surface area contributed by atoms with E-state index in [1.165, 1.54) is 67.7 Å². The maximum Gasteiger partial charge on any atom is 0.120 e. The highest BCUT2D eigenvalue weighted by atomic mass is 28.3. The zero-order valence-corrected chi connectivity index (χ0v) is 24.2. The number of allylic oxidation sites excluding steroid dienone is 2.